The number of ketones is 1. The molecule has 1 aliphatic heterocycles. The molecule has 1 atom stereocenters. The molecule has 2 rings (SSSR count). The maximum atomic E-state index is 12.7. The summed E-state index contributed by atoms with van der Waals surface area (Å²) in [6, 6.07) is 6.60. The molecular weight excluding hydrogens is 288 g/mol. The highest BCUT2D eigenvalue weighted by Crippen LogP contribution is 2.26. The van der Waals surface area contributed by atoms with Crippen LogP contribution in [0.4, 0.5) is 0 Å². The zero-order valence-corrected chi connectivity index (χ0v) is 13.0. The Morgan fingerprint density at radius 2 is 2.14 bits per heavy atom. The first-order chi connectivity index (χ1) is 9.90. The Kier molecular flexibility index (Phi) is 4.45. The van der Waals surface area contributed by atoms with Crippen molar-refractivity contribution in [3.63, 3.8) is 0 Å². The smallest absolute Gasteiger partial charge is 0.243 e. The Hall–Kier alpha value is -1.71. The topological polar surface area (TPSA) is 78.2 Å². The maximum absolute atomic E-state index is 12.7. The van der Waals surface area contributed by atoms with E-state index in [9.17, 15) is 13.2 Å². The van der Waals surface area contributed by atoms with Crippen LogP contribution in [0, 0.1) is 24.2 Å². The normalized spacial score (nSPS) is 20.2. The SMILES string of the molecule is CCC1CN(S(=O)(=O)c2cc(C#N)ccc2C)CCC1=O. The molecule has 1 aromatic rings. The van der Waals surface area contributed by atoms with Crippen molar-refractivity contribution in [3.8, 4) is 6.07 Å². The fraction of sp³-hybridized carbons (Fsp3) is 0.467. The van der Waals surface area contributed by atoms with E-state index in [1.165, 1.54) is 10.4 Å². The molecule has 21 heavy (non-hydrogen) atoms. The number of nitriles is 1. The summed E-state index contributed by atoms with van der Waals surface area (Å²) in [4.78, 5) is 11.9. The van der Waals surface area contributed by atoms with E-state index in [4.69, 9.17) is 5.26 Å². The summed E-state index contributed by atoms with van der Waals surface area (Å²) >= 11 is 0. The minimum Gasteiger partial charge on any atom is -0.299 e. The molecule has 0 aliphatic carbocycles. The van der Waals surface area contributed by atoms with Crippen LogP contribution in [0.1, 0.15) is 30.9 Å². The zero-order chi connectivity index (χ0) is 15.6. The number of hydrogen-bond acceptors (Lipinski definition) is 4. The van der Waals surface area contributed by atoms with Gasteiger partial charge in [0.1, 0.15) is 5.78 Å². The zero-order valence-electron chi connectivity index (χ0n) is 12.2. The van der Waals surface area contributed by atoms with E-state index in [0.29, 0.717) is 17.5 Å². The second-order valence-electron chi connectivity index (χ2n) is 5.28. The monoisotopic (exact) mass is 306 g/mol. The van der Waals surface area contributed by atoms with E-state index in [2.05, 4.69) is 0 Å². The van der Waals surface area contributed by atoms with E-state index < -0.39 is 10.0 Å². The van der Waals surface area contributed by atoms with Gasteiger partial charge in [0.25, 0.3) is 0 Å². The van der Waals surface area contributed by atoms with Crippen LogP contribution in [-0.2, 0) is 14.8 Å². The standard InChI is InChI=1S/C15H18N2O3S/c1-3-13-10-17(7-6-14(13)18)21(19,20)15-8-12(9-16)5-4-11(15)2/h4-5,8,13H,3,6-7,10H2,1-2H3. The van der Waals surface area contributed by atoms with Crippen molar-refractivity contribution in [1.29, 1.82) is 5.26 Å². The lowest BCUT2D eigenvalue weighted by atomic mass is 9.96. The van der Waals surface area contributed by atoms with Crippen LogP contribution in [0.3, 0.4) is 0 Å². The number of carbonyl (C=O) groups is 1. The summed E-state index contributed by atoms with van der Waals surface area (Å²) in [6.45, 7) is 4.04. The van der Waals surface area contributed by atoms with E-state index in [-0.39, 0.29) is 36.1 Å². The lowest BCUT2D eigenvalue weighted by Gasteiger charge is -2.30. The van der Waals surface area contributed by atoms with Gasteiger partial charge in [-0.3, -0.25) is 4.79 Å². The average Bonchev–Trinajstić information content (AvgIpc) is 2.47. The number of hydrogen-bond donors (Lipinski definition) is 0. The second kappa shape index (κ2) is 5.96. The molecule has 0 amide bonds. The number of benzene rings is 1. The van der Waals surface area contributed by atoms with E-state index in [0.717, 1.165) is 0 Å². The minimum absolute atomic E-state index is 0.131. The molecular formula is C15H18N2O3S. The summed E-state index contributed by atoms with van der Waals surface area (Å²) in [7, 11) is -3.66. The lowest BCUT2D eigenvalue weighted by molar-refractivity contribution is -0.125. The van der Waals surface area contributed by atoms with Gasteiger partial charge in [0.05, 0.1) is 16.5 Å². The summed E-state index contributed by atoms with van der Waals surface area (Å²) in [5.74, 6) is -0.0978. The first kappa shape index (κ1) is 15.7. The number of sulfonamides is 1. The van der Waals surface area contributed by atoms with Crippen molar-refractivity contribution in [3.05, 3.63) is 29.3 Å². The predicted octanol–water partition coefficient (Wildman–Crippen LogP) is 1.86. The lowest BCUT2D eigenvalue weighted by Crippen LogP contribution is -2.44. The van der Waals surface area contributed by atoms with Crippen LogP contribution in [0.2, 0.25) is 0 Å². The number of Topliss-reactive ketones (excluding diaryl/α,β-unsaturated/α-hetero) is 1. The molecule has 1 fully saturated rings. The molecule has 0 N–H and O–H groups in total. The molecule has 112 valence electrons. The second-order valence-corrected chi connectivity index (χ2v) is 7.18. The van der Waals surface area contributed by atoms with E-state index >= 15 is 0 Å². The molecule has 0 radical (unpaired) electrons. The Bertz CT molecular complexity index is 704. The fourth-order valence-corrected chi connectivity index (χ4v) is 4.28. The van der Waals surface area contributed by atoms with Gasteiger partial charge in [-0.25, -0.2) is 8.42 Å². The number of nitrogens with zero attached hydrogens (tertiary/aromatic N) is 2. The van der Waals surface area contributed by atoms with Crippen molar-refractivity contribution >= 4 is 15.8 Å². The number of carbonyl (C=O) groups excluding carboxylic acids is 1. The number of aryl methyl sites for hydroxylation is 1. The first-order valence-electron chi connectivity index (χ1n) is 6.93. The van der Waals surface area contributed by atoms with Gasteiger partial charge in [-0.15, -0.1) is 0 Å². The highest BCUT2D eigenvalue weighted by Gasteiger charge is 2.34. The number of piperidine rings is 1. The van der Waals surface area contributed by atoms with Crippen molar-refractivity contribution in [2.24, 2.45) is 5.92 Å². The summed E-state index contributed by atoms with van der Waals surface area (Å²) in [5, 5.41) is 8.94. The molecule has 5 nitrogen and oxygen atoms in total. The predicted molar refractivity (Wildman–Crippen MR) is 78.1 cm³/mol. The van der Waals surface area contributed by atoms with Gasteiger partial charge in [0.2, 0.25) is 10.0 Å². The third-order valence-corrected chi connectivity index (χ3v) is 5.92. The van der Waals surface area contributed by atoms with Gasteiger partial charge in [-0.2, -0.15) is 9.57 Å². The Morgan fingerprint density at radius 3 is 2.76 bits per heavy atom. The molecule has 0 bridgehead atoms. The summed E-state index contributed by atoms with van der Waals surface area (Å²) in [6.07, 6.45) is 0.900. The van der Waals surface area contributed by atoms with Gasteiger partial charge in [0.15, 0.2) is 0 Å². The van der Waals surface area contributed by atoms with Crippen LogP contribution in [0.5, 0.6) is 0 Å². The Morgan fingerprint density at radius 1 is 1.43 bits per heavy atom. The van der Waals surface area contributed by atoms with Crippen LogP contribution in [-0.4, -0.2) is 31.6 Å². The van der Waals surface area contributed by atoms with Gasteiger partial charge in [-0.1, -0.05) is 13.0 Å². The molecule has 1 unspecified atom stereocenters. The maximum Gasteiger partial charge on any atom is 0.243 e. The van der Waals surface area contributed by atoms with Gasteiger partial charge < -0.3 is 0 Å². The minimum atomic E-state index is -3.66. The quantitative estimate of drug-likeness (QED) is 0.854. The van der Waals surface area contributed by atoms with E-state index in [1.54, 1.807) is 19.1 Å². The van der Waals surface area contributed by atoms with Crippen LogP contribution in [0.25, 0.3) is 0 Å². The van der Waals surface area contributed by atoms with Crippen molar-refractivity contribution in [2.75, 3.05) is 13.1 Å². The van der Waals surface area contributed by atoms with E-state index in [1.807, 2.05) is 13.0 Å². The molecule has 1 aliphatic rings. The fourth-order valence-electron chi connectivity index (χ4n) is 2.54. The van der Waals surface area contributed by atoms with Gasteiger partial charge >= 0.3 is 0 Å². The van der Waals surface area contributed by atoms with Crippen LogP contribution in [0.15, 0.2) is 23.1 Å². The van der Waals surface area contributed by atoms with Crippen molar-refractivity contribution < 1.29 is 13.2 Å². The summed E-state index contributed by atoms with van der Waals surface area (Å²) < 4.78 is 26.9. The van der Waals surface area contributed by atoms with Crippen LogP contribution < -0.4 is 0 Å². The third-order valence-electron chi connectivity index (χ3n) is 3.91. The van der Waals surface area contributed by atoms with Gasteiger partial charge in [0, 0.05) is 25.4 Å². The molecule has 1 heterocycles. The highest BCUT2D eigenvalue weighted by molar-refractivity contribution is 7.89. The molecule has 6 heteroatoms. The first-order valence-corrected chi connectivity index (χ1v) is 8.37. The third kappa shape index (κ3) is 2.99. The Labute approximate surface area is 125 Å². The number of rotatable bonds is 3. The van der Waals surface area contributed by atoms with Crippen molar-refractivity contribution in [2.45, 2.75) is 31.6 Å². The molecule has 0 aromatic heterocycles. The average molecular weight is 306 g/mol. The molecule has 0 saturated carbocycles. The highest BCUT2D eigenvalue weighted by atomic mass is 32.2. The Balaban J connectivity index is 2.39. The molecule has 1 aromatic carbocycles. The largest absolute Gasteiger partial charge is 0.299 e. The van der Waals surface area contributed by atoms with Crippen molar-refractivity contribution in [1.82, 2.24) is 4.31 Å². The molecule has 0 spiro atoms. The van der Waals surface area contributed by atoms with Crippen LogP contribution >= 0.6 is 0 Å². The summed E-state index contributed by atoms with van der Waals surface area (Å²) in [5.41, 5.74) is 0.929. The van der Waals surface area contributed by atoms with Gasteiger partial charge in [-0.05, 0) is 31.0 Å². The molecule has 1 saturated heterocycles.